The Morgan fingerprint density at radius 2 is 1.91 bits per heavy atom. The molecule has 1 aliphatic rings. The predicted octanol–water partition coefficient (Wildman–Crippen LogP) is 5.97. The molecule has 4 aromatic rings. The van der Waals surface area contributed by atoms with Crippen LogP contribution < -0.4 is 10.2 Å². The van der Waals surface area contributed by atoms with Crippen molar-refractivity contribution in [2.45, 2.75) is 25.9 Å². The van der Waals surface area contributed by atoms with Crippen LogP contribution in [0.4, 0.5) is 10.1 Å². The van der Waals surface area contributed by atoms with E-state index in [4.69, 9.17) is 16.6 Å². The summed E-state index contributed by atoms with van der Waals surface area (Å²) >= 11 is 5.71. The lowest BCUT2D eigenvalue weighted by Crippen LogP contribution is -2.29. The number of carbonyl (C=O) groups is 1. The molecule has 0 radical (unpaired) electrons. The second kappa shape index (κ2) is 8.96. The Hall–Kier alpha value is -4.04. The molecule has 0 bridgehead atoms. The van der Waals surface area contributed by atoms with Crippen molar-refractivity contribution in [3.8, 4) is 11.3 Å². The number of aromatic carboxylic acids is 1. The van der Waals surface area contributed by atoms with Gasteiger partial charge in [-0.25, -0.2) is 9.18 Å². The molecule has 0 aliphatic carbocycles. The number of aromatic nitrogens is 1. The number of aryl methyl sites for hydroxylation is 2. The number of benzene rings is 2. The summed E-state index contributed by atoms with van der Waals surface area (Å²) in [4.78, 5) is 17.8. The minimum absolute atomic E-state index is 0.219. The third-order valence-corrected chi connectivity index (χ3v) is 6.49. The zero-order valence-electron chi connectivity index (χ0n) is 19.0. The summed E-state index contributed by atoms with van der Waals surface area (Å²) in [5.41, 5.74) is 3.86. The molecule has 1 aliphatic heterocycles. The van der Waals surface area contributed by atoms with Crippen molar-refractivity contribution in [3.05, 3.63) is 107 Å². The van der Waals surface area contributed by atoms with Gasteiger partial charge in [0.1, 0.15) is 23.4 Å². The third-order valence-electron chi connectivity index (χ3n) is 6.17. The summed E-state index contributed by atoms with van der Waals surface area (Å²) < 4.78 is 20.4. The predicted molar refractivity (Wildman–Crippen MR) is 135 cm³/mol. The summed E-state index contributed by atoms with van der Waals surface area (Å²) in [5, 5.41) is 13.1. The van der Waals surface area contributed by atoms with Crippen LogP contribution in [0.5, 0.6) is 0 Å². The van der Waals surface area contributed by atoms with Crippen LogP contribution in [0.1, 0.15) is 45.0 Å². The van der Waals surface area contributed by atoms with Gasteiger partial charge in [0.15, 0.2) is 5.11 Å². The molecule has 35 heavy (non-hydrogen) atoms. The van der Waals surface area contributed by atoms with E-state index in [1.165, 1.54) is 6.07 Å². The van der Waals surface area contributed by atoms with Gasteiger partial charge in [0.05, 0.1) is 17.3 Å². The van der Waals surface area contributed by atoms with Gasteiger partial charge < -0.3 is 19.7 Å². The number of nitrogens with one attached hydrogen (secondary N) is 1. The molecule has 1 saturated heterocycles. The molecule has 2 unspecified atom stereocenters. The Balaban J connectivity index is 1.60. The van der Waals surface area contributed by atoms with E-state index < -0.39 is 5.97 Å². The summed E-state index contributed by atoms with van der Waals surface area (Å²) in [5.74, 6) is -0.00654. The molecule has 2 N–H and O–H groups in total. The fraction of sp³-hybridized carbons (Fsp3) is 0.148. The van der Waals surface area contributed by atoms with Gasteiger partial charge in [-0.05, 0) is 91.8 Å². The first-order valence-electron chi connectivity index (χ1n) is 11.0. The smallest absolute Gasteiger partial charge is 0.335 e. The Labute approximate surface area is 207 Å². The number of carboxylic acids is 1. The van der Waals surface area contributed by atoms with Crippen LogP contribution in [-0.2, 0) is 0 Å². The van der Waals surface area contributed by atoms with E-state index in [0.29, 0.717) is 22.2 Å². The van der Waals surface area contributed by atoms with Crippen LogP contribution >= 0.6 is 12.2 Å². The summed E-state index contributed by atoms with van der Waals surface area (Å²) in [6, 6.07) is 18.6. The second-order valence-electron chi connectivity index (χ2n) is 8.47. The van der Waals surface area contributed by atoms with Crippen molar-refractivity contribution < 1.29 is 18.7 Å². The van der Waals surface area contributed by atoms with E-state index >= 15 is 0 Å². The van der Waals surface area contributed by atoms with Gasteiger partial charge in [0.2, 0.25) is 0 Å². The van der Waals surface area contributed by atoms with Gasteiger partial charge in [-0.3, -0.25) is 4.98 Å². The highest BCUT2D eigenvalue weighted by molar-refractivity contribution is 7.80. The van der Waals surface area contributed by atoms with Crippen LogP contribution in [0.25, 0.3) is 11.3 Å². The maximum Gasteiger partial charge on any atom is 0.335 e. The van der Waals surface area contributed by atoms with E-state index in [2.05, 4.69) is 10.3 Å². The molecule has 2 aromatic carbocycles. The highest BCUT2D eigenvalue weighted by Crippen LogP contribution is 2.43. The number of hydrogen-bond donors (Lipinski definition) is 2. The van der Waals surface area contributed by atoms with Crippen molar-refractivity contribution in [2.24, 2.45) is 0 Å². The number of hydrogen-bond acceptors (Lipinski definition) is 4. The van der Waals surface area contributed by atoms with Crippen LogP contribution in [-0.4, -0.2) is 21.2 Å². The molecular weight excluding hydrogens is 465 g/mol. The summed E-state index contributed by atoms with van der Waals surface area (Å²) in [6.45, 7) is 3.56. The van der Waals surface area contributed by atoms with Crippen molar-refractivity contribution in [2.75, 3.05) is 4.90 Å². The molecule has 6 nitrogen and oxygen atoms in total. The molecule has 0 spiro atoms. The average Bonchev–Trinajstić information content (AvgIpc) is 3.46. The molecule has 176 valence electrons. The van der Waals surface area contributed by atoms with Gasteiger partial charge >= 0.3 is 5.97 Å². The summed E-state index contributed by atoms with van der Waals surface area (Å²) in [6.07, 6.45) is 1.72. The number of anilines is 1. The minimum Gasteiger partial charge on any atom is -0.478 e. The molecule has 2 aromatic heterocycles. The van der Waals surface area contributed by atoms with Crippen LogP contribution in [0.2, 0.25) is 0 Å². The van der Waals surface area contributed by atoms with Crippen molar-refractivity contribution >= 4 is 29.0 Å². The Morgan fingerprint density at radius 3 is 2.60 bits per heavy atom. The molecular formula is C27H22FN3O3S. The number of nitrogens with zero attached hydrogens (tertiary/aromatic N) is 2. The molecule has 5 rings (SSSR count). The topological polar surface area (TPSA) is 78.6 Å². The van der Waals surface area contributed by atoms with Gasteiger partial charge in [0, 0.05) is 17.4 Å². The molecule has 0 saturated carbocycles. The first-order valence-corrected chi connectivity index (χ1v) is 11.4. The highest BCUT2D eigenvalue weighted by Gasteiger charge is 2.42. The minimum atomic E-state index is -0.978. The van der Waals surface area contributed by atoms with Crippen molar-refractivity contribution in [3.63, 3.8) is 0 Å². The Kier molecular flexibility index (Phi) is 5.82. The maximum absolute atomic E-state index is 14.0. The van der Waals surface area contributed by atoms with E-state index in [9.17, 15) is 14.3 Å². The number of carboxylic acid groups (broad SMARTS) is 1. The van der Waals surface area contributed by atoms with Crippen molar-refractivity contribution in [1.82, 2.24) is 10.3 Å². The number of thiocarbonyl (C=S) groups is 1. The van der Waals surface area contributed by atoms with Gasteiger partial charge in [-0.1, -0.05) is 12.1 Å². The Morgan fingerprint density at radius 1 is 1.09 bits per heavy atom. The van der Waals surface area contributed by atoms with Crippen LogP contribution in [0.15, 0.2) is 77.3 Å². The van der Waals surface area contributed by atoms with Crippen LogP contribution in [0, 0.1) is 19.7 Å². The summed E-state index contributed by atoms with van der Waals surface area (Å²) in [7, 11) is 0. The maximum atomic E-state index is 14.0. The number of furan rings is 1. The average molecular weight is 488 g/mol. The molecule has 8 heteroatoms. The molecule has 1 fully saturated rings. The first-order chi connectivity index (χ1) is 16.8. The fourth-order valence-corrected chi connectivity index (χ4v) is 4.78. The lowest BCUT2D eigenvalue weighted by atomic mass is 10.0. The van der Waals surface area contributed by atoms with E-state index in [1.807, 2.05) is 42.2 Å². The molecule has 0 amide bonds. The van der Waals surface area contributed by atoms with E-state index in [-0.39, 0.29) is 23.5 Å². The monoisotopic (exact) mass is 487 g/mol. The standard InChI is InChI=1S/C27H22FN3O3S/c1-15-13-17(26(32)33)6-8-19(15)22-10-11-23(34-22)25-24(21-5-3-4-12-29-21)30-27(35)31(25)18-7-9-20(28)16(2)14-18/h3-14,24-25H,1-2H3,(H,30,35)(H,32,33). The van der Waals surface area contributed by atoms with Gasteiger partial charge in [-0.15, -0.1) is 0 Å². The molecule has 3 heterocycles. The number of rotatable bonds is 5. The van der Waals surface area contributed by atoms with Gasteiger partial charge in [-0.2, -0.15) is 0 Å². The largest absolute Gasteiger partial charge is 0.478 e. The van der Waals surface area contributed by atoms with Crippen molar-refractivity contribution in [1.29, 1.82) is 0 Å². The zero-order valence-corrected chi connectivity index (χ0v) is 19.8. The number of halogens is 1. The highest BCUT2D eigenvalue weighted by atomic mass is 32.1. The Bertz CT molecular complexity index is 1440. The lowest BCUT2D eigenvalue weighted by molar-refractivity contribution is 0.0696. The number of pyridine rings is 1. The molecule has 2 atom stereocenters. The quantitative estimate of drug-likeness (QED) is 0.336. The van der Waals surface area contributed by atoms with Crippen LogP contribution in [0.3, 0.4) is 0 Å². The van der Waals surface area contributed by atoms with Gasteiger partial charge in [0.25, 0.3) is 0 Å². The first kappa shape index (κ1) is 22.7. The lowest BCUT2D eigenvalue weighted by Gasteiger charge is -2.26. The fourth-order valence-electron chi connectivity index (χ4n) is 4.43. The normalized spacial score (nSPS) is 17.5. The third kappa shape index (κ3) is 4.17. The van der Waals surface area contributed by atoms with E-state index in [0.717, 1.165) is 22.5 Å². The zero-order chi connectivity index (χ0) is 24.7. The second-order valence-corrected chi connectivity index (χ2v) is 8.85. The van der Waals surface area contributed by atoms with E-state index in [1.54, 1.807) is 43.5 Å². The SMILES string of the molecule is Cc1cc(N2C(=S)NC(c3ccccn3)C2c2ccc(-c3ccc(C(=O)O)cc3C)o2)ccc1F.